The van der Waals surface area contributed by atoms with E-state index in [2.05, 4.69) is 15.5 Å². The summed E-state index contributed by atoms with van der Waals surface area (Å²) in [6, 6.07) is 6.19. The van der Waals surface area contributed by atoms with Crippen LogP contribution in [0.5, 0.6) is 5.75 Å². The maximum Gasteiger partial charge on any atom is 0.272 e. The fourth-order valence-electron chi connectivity index (χ4n) is 4.25. The highest BCUT2D eigenvalue weighted by atomic mass is 32.2. The number of aromatic nitrogens is 2. The highest BCUT2D eigenvalue weighted by molar-refractivity contribution is 7.91. The summed E-state index contributed by atoms with van der Waals surface area (Å²) in [6.45, 7) is 4.44. The minimum atomic E-state index is -3.08. The molecule has 0 bridgehead atoms. The Hall–Kier alpha value is -3.15. The van der Waals surface area contributed by atoms with Crippen LogP contribution in [-0.2, 0) is 20.0 Å². The molecule has 4 rings (SSSR count). The smallest absolute Gasteiger partial charge is 0.272 e. The Morgan fingerprint density at radius 3 is 2.54 bits per heavy atom. The van der Waals surface area contributed by atoms with E-state index in [9.17, 15) is 26.8 Å². The second-order valence-electron chi connectivity index (χ2n) is 9.62. The average molecular weight is 509 g/mol. The van der Waals surface area contributed by atoms with Crippen molar-refractivity contribution in [3.05, 3.63) is 41.6 Å². The maximum atomic E-state index is 13.3. The van der Waals surface area contributed by atoms with Crippen LogP contribution >= 0.6 is 0 Å². The van der Waals surface area contributed by atoms with Gasteiger partial charge in [0.2, 0.25) is 5.91 Å². The monoisotopic (exact) mass is 508 g/mol. The van der Waals surface area contributed by atoms with Gasteiger partial charge in [0.15, 0.2) is 5.82 Å². The predicted molar refractivity (Wildman–Crippen MR) is 124 cm³/mol. The van der Waals surface area contributed by atoms with Crippen LogP contribution in [-0.4, -0.2) is 60.5 Å². The number of nitrogens with one attached hydrogen (secondary N) is 1. The van der Waals surface area contributed by atoms with Gasteiger partial charge in [-0.2, -0.15) is 5.10 Å². The number of alkyl halides is 2. The van der Waals surface area contributed by atoms with Crippen molar-refractivity contribution in [3.63, 3.8) is 0 Å². The Balaban J connectivity index is 1.61. The Kier molecular flexibility index (Phi) is 6.28. The number of rotatable bonds is 6. The van der Waals surface area contributed by atoms with Crippen LogP contribution in [0.15, 0.2) is 30.5 Å². The number of halogens is 2. The van der Waals surface area contributed by atoms with Gasteiger partial charge in [0.1, 0.15) is 22.2 Å². The summed E-state index contributed by atoms with van der Waals surface area (Å²) in [5, 5.41) is 10.7. The van der Waals surface area contributed by atoms with Gasteiger partial charge in [0, 0.05) is 17.2 Å². The number of ether oxygens (including phenoxy) is 1. The molecule has 0 atom stereocenters. The van der Waals surface area contributed by atoms with Crippen LogP contribution in [0.4, 0.5) is 20.3 Å². The predicted octanol–water partition coefficient (Wildman–Crippen LogP) is 2.77. The second kappa shape index (κ2) is 8.81. The summed E-state index contributed by atoms with van der Waals surface area (Å²) in [5.41, 5.74) is -0.233. The Morgan fingerprint density at radius 1 is 1.20 bits per heavy atom. The van der Waals surface area contributed by atoms with Gasteiger partial charge < -0.3 is 10.1 Å². The van der Waals surface area contributed by atoms with Crippen molar-refractivity contribution in [2.75, 3.05) is 23.0 Å². The zero-order chi connectivity index (χ0) is 25.6. The molecular weight excluding hydrogens is 482 g/mol. The lowest BCUT2D eigenvalue weighted by molar-refractivity contribution is -0.121. The van der Waals surface area contributed by atoms with Gasteiger partial charge in [-0.05, 0) is 57.4 Å². The van der Waals surface area contributed by atoms with E-state index in [0.29, 0.717) is 29.7 Å². The van der Waals surface area contributed by atoms with E-state index in [1.165, 1.54) is 17.2 Å². The summed E-state index contributed by atoms with van der Waals surface area (Å²) in [4.78, 5) is 27.7. The molecule has 35 heavy (non-hydrogen) atoms. The lowest BCUT2D eigenvalue weighted by Gasteiger charge is -2.34. The molecule has 1 aromatic carbocycles. The molecule has 0 saturated carbocycles. The molecule has 0 radical (unpaired) electrons. The van der Waals surface area contributed by atoms with E-state index in [0.717, 1.165) is 0 Å². The molecule has 0 aliphatic carbocycles. The number of carbonyl (C=O) groups excluding carboxylic acids is 2. The first kappa shape index (κ1) is 25.0. The van der Waals surface area contributed by atoms with E-state index in [1.807, 2.05) is 6.92 Å². The number of fused-ring (bicyclic) bond motifs is 1. The highest BCUT2D eigenvalue weighted by Gasteiger charge is 2.46. The van der Waals surface area contributed by atoms with Gasteiger partial charge in [-0.3, -0.25) is 14.5 Å². The van der Waals surface area contributed by atoms with Crippen molar-refractivity contribution in [3.8, 4) is 5.75 Å². The second-order valence-corrected chi connectivity index (χ2v) is 11.9. The zero-order valence-electron chi connectivity index (χ0n) is 19.5. The molecule has 12 heteroatoms. The molecule has 2 aromatic rings. The highest BCUT2D eigenvalue weighted by Crippen LogP contribution is 2.45. The molecule has 1 N–H and O–H groups in total. The number of hydrogen-bond donors (Lipinski definition) is 1. The van der Waals surface area contributed by atoms with E-state index in [-0.39, 0.29) is 34.9 Å². The largest absolute Gasteiger partial charge is 0.486 e. The molecule has 2 aliphatic rings. The van der Waals surface area contributed by atoms with Crippen molar-refractivity contribution in [2.45, 2.75) is 51.0 Å². The summed E-state index contributed by atoms with van der Waals surface area (Å²) in [6.07, 6.45) is -0.827. The van der Waals surface area contributed by atoms with Gasteiger partial charge in [0.05, 0.1) is 28.8 Å². The number of benzene rings is 1. The summed E-state index contributed by atoms with van der Waals surface area (Å²) < 4.78 is 53.5. The van der Waals surface area contributed by atoms with Crippen molar-refractivity contribution >= 4 is 33.2 Å². The molecule has 1 fully saturated rings. The van der Waals surface area contributed by atoms with E-state index >= 15 is 0 Å². The first-order chi connectivity index (χ1) is 16.3. The number of anilines is 2. The van der Waals surface area contributed by atoms with Crippen LogP contribution in [0.25, 0.3) is 0 Å². The molecule has 188 valence electrons. The number of sulfone groups is 1. The lowest BCUT2D eigenvalue weighted by Crippen LogP contribution is -2.50. The van der Waals surface area contributed by atoms with Crippen molar-refractivity contribution in [1.29, 1.82) is 0 Å². The molecule has 2 amide bonds. The van der Waals surface area contributed by atoms with Crippen LogP contribution in [0, 0.1) is 0 Å². The molecule has 9 nitrogen and oxygen atoms in total. The van der Waals surface area contributed by atoms with Crippen molar-refractivity contribution in [2.24, 2.45) is 0 Å². The van der Waals surface area contributed by atoms with Gasteiger partial charge in [-0.25, -0.2) is 17.2 Å². The molecule has 1 saturated heterocycles. The molecular formula is C23H26F2N4O5S. The fourth-order valence-corrected chi connectivity index (χ4v) is 5.98. The third-order valence-corrected chi connectivity index (χ3v) is 8.13. The number of amides is 2. The Morgan fingerprint density at radius 2 is 1.89 bits per heavy atom. The summed E-state index contributed by atoms with van der Waals surface area (Å²) in [7, 11) is -3.08. The Bertz CT molecular complexity index is 1270. The minimum Gasteiger partial charge on any atom is -0.486 e. The van der Waals surface area contributed by atoms with Crippen molar-refractivity contribution in [1.82, 2.24) is 15.5 Å². The first-order valence-electron chi connectivity index (χ1n) is 11.1. The van der Waals surface area contributed by atoms with E-state index < -0.39 is 33.8 Å². The molecule has 3 heterocycles. The standard InChI is InChI=1S/C23H26F2N4O5S/c1-22(2)16-10-14(20(30)27-23(3)6-8-35(32,33)9-7-23)4-5-17(16)29(21(22)31)19-11-15(12-26-28-19)34-13-18(24)25/h4-5,10-12,18H,6-9,13H2,1-3H3,(H,27,30). The fraction of sp³-hybridized carbons (Fsp3) is 0.478. The molecule has 1 aromatic heterocycles. The first-order valence-corrected chi connectivity index (χ1v) is 12.9. The number of hydrogen-bond acceptors (Lipinski definition) is 7. The Labute approximate surface area is 201 Å². The quantitative estimate of drug-likeness (QED) is 0.637. The van der Waals surface area contributed by atoms with Gasteiger partial charge in [-0.15, -0.1) is 5.10 Å². The lowest BCUT2D eigenvalue weighted by atomic mass is 9.85. The minimum absolute atomic E-state index is 0.0194. The van der Waals surface area contributed by atoms with E-state index in [4.69, 9.17) is 4.74 Å². The molecule has 0 spiro atoms. The summed E-state index contributed by atoms with van der Waals surface area (Å²) >= 11 is 0. The SMILES string of the molecule is CC1(NC(=O)c2ccc3c(c2)C(C)(C)C(=O)N3c2cc(OCC(F)F)cnn2)CCS(=O)(=O)CC1. The molecule has 2 aliphatic heterocycles. The average Bonchev–Trinajstić information content (AvgIpc) is 3.00. The number of nitrogens with zero attached hydrogens (tertiary/aromatic N) is 3. The van der Waals surface area contributed by atoms with E-state index in [1.54, 1.807) is 32.0 Å². The van der Waals surface area contributed by atoms with Gasteiger partial charge >= 0.3 is 0 Å². The van der Waals surface area contributed by atoms with Crippen LogP contribution < -0.4 is 15.0 Å². The van der Waals surface area contributed by atoms with Crippen LogP contribution in [0.2, 0.25) is 0 Å². The maximum absolute atomic E-state index is 13.3. The third-order valence-electron chi connectivity index (χ3n) is 6.48. The normalized spacial score (nSPS) is 19.9. The van der Waals surface area contributed by atoms with Gasteiger partial charge in [0.25, 0.3) is 12.3 Å². The van der Waals surface area contributed by atoms with Crippen LogP contribution in [0.1, 0.15) is 49.5 Å². The van der Waals surface area contributed by atoms with Crippen LogP contribution in [0.3, 0.4) is 0 Å². The summed E-state index contributed by atoms with van der Waals surface area (Å²) in [5.74, 6) is -0.486. The van der Waals surface area contributed by atoms with Crippen molar-refractivity contribution < 1.29 is 31.5 Å². The van der Waals surface area contributed by atoms with Gasteiger partial charge in [-0.1, -0.05) is 0 Å². The zero-order valence-corrected chi connectivity index (χ0v) is 20.4. The third kappa shape index (κ3) is 4.97. The molecule has 0 unspecified atom stereocenters. The topological polar surface area (TPSA) is 119 Å². The number of carbonyl (C=O) groups is 2.